The first-order valence-corrected chi connectivity index (χ1v) is 6.10. The van der Waals surface area contributed by atoms with Gasteiger partial charge in [-0.05, 0) is 25.7 Å². The molecule has 1 unspecified atom stereocenters. The van der Waals surface area contributed by atoms with Crippen LogP contribution >= 0.6 is 0 Å². The van der Waals surface area contributed by atoms with Crippen molar-refractivity contribution in [2.75, 3.05) is 12.0 Å². The molecule has 17 heavy (non-hydrogen) atoms. The fourth-order valence-corrected chi connectivity index (χ4v) is 3.11. The Bertz CT molecular complexity index is 398. The van der Waals surface area contributed by atoms with E-state index in [1.54, 1.807) is 13.4 Å². The Kier molecular flexibility index (Phi) is 2.63. The van der Waals surface area contributed by atoms with Crippen LogP contribution in [0.1, 0.15) is 25.7 Å². The first-order chi connectivity index (χ1) is 8.28. The highest BCUT2D eigenvalue weighted by Crippen LogP contribution is 2.38. The summed E-state index contributed by atoms with van der Waals surface area (Å²) in [6, 6.07) is 2.72. The van der Waals surface area contributed by atoms with Crippen molar-refractivity contribution in [1.29, 1.82) is 0 Å². The highest BCUT2D eigenvalue weighted by Gasteiger charge is 2.40. The quantitative estimate of drug-likeness (QED) is 0.828. The maximum absolute atomic E-state index is 9.77. The number of ether oxygens (including phenoxy) is 1. The zero-order valence-corrected chi connectivity index (χ0v) is 9.91. The van der Waals surface area contributed by atoms with E-state index in [4.69, 9.17) is 4.74 Å². The number of hydrogen-bond acceptors (Lipinski definition) is 5. The molecule has 1 N–H and O–H groups in total. The molecular weight excluding hydrogens is 218 g/mol. The van der Waals surface area contributed by atoms with Crippen LogP contribution in [0.4, 0.5) is 5.82 Å². The Morgan fingerprint density at radius 2 is 2.00 bits per heavy atom. The number of methoxy groups -OCH3 is 1. The lowest BCUT2D eigenvalue weighted by atomic mass is 10.00. The normalized spacial score (nSPS) is 31.6. The summed E-state index contributed by atoms with van der Waals surface area (Å²) >= 11 is 0. The van der Waals surface area contributed by atoms with Crippen LogP contribution in [0.3, 0.4) is 0 Å². The van der Waals surface area contributed by atoms with Gasteiger partial charge in [0.1, 0.15) is 12.1 Å². The fraction of sp³-hybridized carbons (Fsp3) is 0.667. The maximum atomic E-state index is 9.77. The average Bonchev–Trinajstić information content (AvgIpc) is 2.62. The number of nitrogens with zero attached hydrogens (tertiary/aromatic N) is 3. The van der Waals surface area contributed by atoms with Gasteiger partial charge < -0.3 is 14.7 Å². The number of piperidine rings is 1. The summed E-state index contributed by atoms with van der Waals surface area (Å²) in [5.74, 6) is 1.52. The van der Waals surface area contributed by atoms with Crippen LogP contribution in [-0.2, 0) is 0 Å². The smallest absolute Gasteiger partial charge is 0.218 e. The lowest BCUT2D eigenvalue weighted by Crippen LogP contribution is -2.45. The highest BCUT2D eigenvalue weighted by molar-refractivity contribution is 5.45. The molecule has 2 saturated heterocycles. The van der Waals surface area contributed by atoms with Gasteiger partial charge in [-0.25, -0.2) is 9.97 Å². The molecule has 2 fully saturated rings. The molecule has 0 saturated carbocycles. The van der Waals surface area contributed by atoms with E-state index >= 15 is 0 Å². The third-order valence-electron chi connectivity index (χ3n) is 3.81. The molecule has 3 atom stereocenters. The van der Waals surface area contributed by atoms with Crippen molar-refractivity contribution in [3.05, 3.63) is 12.4 Å². The molecule has 0 spiro atoms. The zero-order chi connectivity index (χ0) is 11.8. The summed E-state index contributed by atoms with van der Waals surface area (Å²) in [4.78, 5) is 10.7. The minimum absolute atomic E-state index is 0.146. The molecule has 3 heterocycles. The largest absolute Gasteiger partial charge is 0.481 e. The molecule has 0 amide bonds. The molecule has 0 aliphatic carbocycles. The number of aliphatic hydroxyl groups excluding tert-OH is 1. The number of anilines is 1. The lowest BCUT2D eigenvalue weighted by molar-refractivity contribution is 0.126. The van der Waals surface area contributed by atoms with Crippen molar-refractivity contribution in [3.63, 3.8) is 0 Å². The lowest BCUT2D eigenvalue weighted by Gasteiger charge is -2.38. The van der Waals surface area contributed by atoms with E-state index in [2.05, 4.69) is 14.9 Å². The van der Waals surface area contributed by atoms with Gasteiger partial charge in [-0.2, -0.15) is 0 Å². The van der Waals surface area contributed by atoms with Gasteiger partial charge in [0.15, 0.2) is 0 Å². The van der Waals surface area contributed by atoms with Crippen molar-refractivity contribution in [3.8, 4) is 5.88 Å². The van der Waals surface area contributed by atoms with Gasteiger partial charge in [-0.1, -0.05) is 0 Å². The molecule has 92 valence electrons. The van der Waals surface area contributed by atoms with Gasteiger partial charge >= 0.3 is 0 Å². The Labute approximate surface area is 100 Å². The second kappa shape index (κ2) is 4.14. The van der Waals surface area contributed by atoms with E-state index in [9.17, 15) is 5.11 Å². The second-order valence-electron chi connectivity index (χ2n) is 4.84. The van der Waals surface area contributed by atoms with Crippen LogP contribution in [0.5, 0.6) is 5.88 Å². The summed E-state index contributed by atoms with van der Waals surface area (Å²) in [6.07, 6.45) is 5.39. The van der Waals surface area contributed by atoms with E-state index in [1.807, 2.05) is 6.07 Å². The molecular formula is C12H17N3O2. The number of aromatic nitrogens is 2. The third kappa shape index (κ3) is 1.84. The van der Waals surface area contributed by atoms with E-state index in [-0.39, 0.29) is 6.10 Å². The van der Waals surface area contributed by atoms with Crippen molar-refractivity contribution >= 4 is 5.82 Å². The molecule has 1 aromatic heterocycles. The molecule has 2 bridgehead atoms. The van der Waals surface area contributed by atoms with Crippen molar-refractivity contribution in [2.45, 2.75) is 43.9 Å². The van der Waals surface area contributed by atoms with E-state index < -0.39 is 0 Å². The van der Waals surface area contributed by atoms with Crippen LogP contribution < -0.4 is 9.64 Å². The first kappa shape index (κ1) is 10.8. The monoisotopic (exact) mass is 235 g/mol. The Morgan fingerprint density at radius 3 is 2.65 bits per heavy atom. The molecule has 2 aliphatic heterocycles. The Balaban J connectivity index is 1.89. The van der Waals surface area contributed by atoms with Gasteiger partial charge in [-0.3, -0.25) is 0 Å². The number of aliphatic hydroxyl groups is 1. The molecule has 0 aromatic carbocycles. The van der Waals surface area contributed by atoms with E-state index in [1.165, 1.54) is 0 Å². The fourth-order valence-electron chi connectivity index (χ4n) is 3.11. The Hall–Kier alpha value is -1.36. The predicted octanol–water partition coefficient (Wildman–Crippen LogP) is 0.977. The van der Waals surface area contributed by atoms with Crippen molar-refractivity contribution in [1.82, 2.24) is 9.97 Å². The molecule has 2 aliphatic rings. The van der Waals surface area contributed by atoms with Gasteiger partial charge in [0.25, 0.3) is 0 Å². The predicted molar refractivity (Wildman–Crippen MR) is 63.1 cm³/mol. The van der Waals surface area contributed by atoms with Crippen LogP contribution in [0, 0.1) is 0 Å². The van der Waals surface area contributed by atoms with Gasteiger partial charge in [-0.15, -0.1) is 0 Å². The maximum Gasteiger partial charge on any atom is 0.218 e. The van der Waals surface area contributed by atoms with Gasteiger partial charge in [0, 0.05) is 18.2 Å². The van der Waals surface area contributed by atoms with Crippen LogP contribution in [0.25, 0.3) is 0 Å². The van der Waals surface area contributed by atoms with Crippen LogP contribution in [-0.4, -0.2) is 40.4 Å². The summed E-state index contributed by atoms with van der Waals surface area (Å²) in [7, 11) is 1.61. The van der Waals surface area contributed by atoms with Crippen LogP contribution in [0.15, 0.2) is 12.4 Å². The standard InChI is InChI=1S/C12H17N3O2/c1-17-12-6-11(13-7-14-12)15-8-2-3-9(15)5-10(16)4-8/h6-10,16H,2-5H2,1H3/t8-,9+,10?. The molecule has 1 aromatic rings. The average molecular weight is 235 g/mol. The number of rotatable bonds is 2. The number of fused-ring (bicyclic) bond motifs is 2. The second-order valence-corrected chi connectivity index (χ2v) is 4.84. The highest BCUT2D eigenvalue weighted by atomic mass is 16.5. The van der Waals surface area contributed by atoms with Crippen molar-refractivity contribution < 1.29 is 9.84 Å². The molecule has 0 radical (unpaired) electrons. The molecule has 5 nitrogen and oxygen atoms in total. The SMILES string of the molecule is COc1cc(N2[C@@H]3CC[C@H]2CC(O)C3)ncn1. The van der Waals surface area contributed by atoms with Gasteiger partial charge in [0.05, 0.1) is 13.2 Å². The molecule has 3 rings (SSSR count). The Morgan fingerprint density at radius 1 is 1.29 bits per heavy atom. The summed E-state index contributed by atoms with van der Waals surface area (Å²) in [5.41, 5.74) is 0. The van der Waals surface area contributed by atoms with E-state index in [0.29, 0.717) is 18.0 Å². The topological polar surface area (TPSA) is 58.5 Å². The minimum atomic E-state index is -0.146. The van der Waals surface area contributed by atoms with E-state index in [0.717, 1.165) is 31.5 Å². The zero-order valence-electron chi connectivity index (χ0n) is 9.91. The van der Waals surface area contributed by atoms with Crippen molar-refractivity contribution in [2.24, 2.45) is 0 Å². The third-order valence-corrected chi connectivity index (χ3v) is 3.81. The minimum Gasteiger partial charge on any atom is -0.481 e. The summed E-state index contributed by atoms with van der Waals surface area (Å²) in [5, 5.41) is 9.77. The number of hydrogen-bond donors (Lipinski definition) is 1. The van der Waals surface area contributed by atoms with Crippen LogP contribution in [0.2, 0.25) is 0 Å². The first-order valence-electron chi connectivity index (χ1n) is 6.10. The van der Waals surface area contributed by atoms with Gasteiger partial charge in [0.2, 0.25) is 5.88 Å². The summed E-state index contributed by atoms with van der Waals surface area (Å²) < 4.78 is 5.13. The molecule has 5 heteroatoms. The summed E-state index contributed by atoms with van der Waals surface area (Å²) in [6.45, 7) is 0.